The molecular weight excluding hydrogens is 530 g/mol. The minimum Gasteiger partial charge on any atom is -0.481 e. The van der Waals surface area contributed by atoms with E-state index in [9.17, 15) is 14.7 Å². The van der Waals surface area contributed by atoms with E-state index in [4.69, 9.17) is 16.6 Å². The zero-order chi connectivity index (χ0) is 27.2. The third-order valence-corrected chi connectivity index (χ3v) is 8.42. The SMILES string of the molecule is O=C(O)CC1C(=O)N(c2nc(-c3ccccc3Cl)cs2)CC(NCc2ccccc2)CCC1c1ccccc1. The summed E-state index contributed by atoms with van der Waals surface area (Å²) in [6.45, 7) is 1.07. The molecule has 4 aromatic rings. The van der Waals surface area contributed by atoms with Crippen molar-refractivity contribution in [2.24, 2.45) is 5.92 Å². The first-order valence-corrected chi connectivity index (χ1v) is 14.3. The molecular formula is C31H30ClN3O3S. The van der Waals surface area contributed by atoms with Crippen molar-refractivity contribution in [3.63, 3.8) is 0 Å². The lowest BCUT2D eigenvalue weighted by molar-refractivity contribution is -0.141. The zero-order valence-electron chi connectivity index (χ0n) is 21.4. The number of carboxylic acid groups (broad SMARTS) is 1. The number of amides is 1. The molecule has 1 amide bonds. The predicted molar refractivity (Wildman–Crippen MR) is 156 cm³/mol. The molecule has 0 aliphatic carbocycles. The highest BCUT2D eigenvalue weighted by Crippen LogP contribution is 2.38. The van der Waals surface area contributed by atoms with E-state index >= 15 is 0 Å². The summed E-state index contributed by atoms with van der Waals surface area (Å²) in [6.07, 6.45) is 1.26. The first kappa shape index (κ1) is 27.1. The van der Waals surface area contributed by atoms with E-state index in [1.807, 2.05) is 78.2 Å². The van der Waals surface area contributed by atoms with E-state index in [0.717, 1.165) is 23.1 Å². The number of aromatic nitrogens is 1. The molecule has 1 saturated heterocycles. The summed E-state index contributed by atoms with van der Waals surface area (Å²) in [7, 11) is 0. The lowest BCUT2D eigenvalue weighted by Gasteiger charge is -2.36. The summed E-state index contributed by atoms with van der Waals surface area (Å²) in [5.41, 5.74) is 3.63. The van der Waals surface area contributed by atoms with Crippen LogP contribution in [0.15, 0.2) is 90.3 Å². The van der Waals surface area contributed by atoms with Crippen LogP contribution in [-0.2, 0) is 16.1 Å². The van der Waals surface area contributed by atoms with Gasteiger partial charge in [-0.2, -0.15) is 0 Å². The van der Waals surface area contributed by atoms with Crippen LogP contribution in [0.1, 0.15) is 36.3 Å². The first-order chi connectivity index (χ1) is 19.0. The largest absolute Gasteiger partial charge is 0.481 e. The molecule has 6 nitrogen and oxygen atoms in total. The molecule has 3 unspecified atom stereocenters. The average molecular weight is 560 g/mol. The molecule has 200 valence electrons. The Kier molecular flexibility index (Phi) is 8.71. The van der Waals surface area contributed by atoms with Crippen LogP contribution in [-0.4, -0.2) is 34.6 Å². The van der Waals surface area contributed by atoms with Gasteiger partial charge >= 0.3 is 5.97 Å². The number of hydrogen-bond acceptors (Lipinski definition) is 5. The van der Waals surface area contributed by atoms with Crippen LogP contribution in [0.2, 0.25) is 5.02 Å². The Hall–Kier alpha value is -3.52. The van der Waals surface area contributed by atoms with Gasteiger partial charge < -0.3 is 10.4 Å². The predicted octanol–water partition coefficient (Wildman–Crippen LogP) is 6.62. The number of anilines is 1. The van der Waals surface area contributed by atoms with Gasteiger partial charge in [-0.25, -0.2) is 4.98 Å². The van der Waals surface area contributed by atoms with Crippen LogP contribution in [0.25, 0.3) is 11.3 Å². The van der Waals surface area contributed by atoms with E-state index in [0.29, 0.717) is 35.4 Å². The number of nitrogens with zero attached hydrogens (tertiary/aromatic N) is 2. The van der Waals surface area contributed by atoms with E-state index in [1.54, 1.807) is 4.90 Å². The van der Waals surface area contributed by atoms with Crippen LogP contribution in [0.5, 0.6) is 0 Å². The lowest BCUT2D eigenvalue weighted by Crippen LogP contribution is -2.49. The summed E-state index contributed by atoms with van der Waals surface area (Å²) >= 11 is 7.80. The van der Waals surface area contributed by atoms with Gasteiger partial charge in [-0.05, 0) is 36.0 Å². The molecule has 39 heavy (non-hydrogen) atoms. The van der Waals surface area contributed by atoms with Gasteiger partial charge in [-0.3, -0.25) is 14.5 Å². The van der Waals surface area contributed by atoms with Crippen molar-refractivity contribution in [2.45, 2.75) is 37.8 Å². The smallest absolute Gasteiger partial charge is 0.304 e. The van der Waals surface area contributed by atoms with Gasteiger partial charge in [0.2, 0.25) is 5.91 Å². The number of halogens is 1. The maximum atomic E-state index is 14.2. The van der Waals surface area contributed by atoms with Crippen molar-refractivity contribution < 1.29 is 14.7 Å². The molecule has 2 heterocycles. The van der Waals surface area contributed by atoms with Crippen LogP contribution >= 0.6 is 22.9 Å². The molecule has 2 N–H and O–H groups in total. The number of carboxylic acids is 1. The lowest BCUT2D eigenvalue weighted by atomic mass is 9.78. The van der Waals surface area contributed by atoms with Gasteiger partial charge in [0.05, 0.1) is 18.0 Å². The van der Waals surface area contributed by atoms with Gasteiger partial charge in [0.15, 0.2) is 5.13 Å². The zero-order valence-corrected chi connectivity index (χ0v) is 22.9. The first-order valence-electron chi connectivity index (χ1n) is 13.1. The monoisotopic (exact) mass is 559 g/mol. The van der Waals surface area contributed by atoms with E-state index in [2.05, 4.69) is 17.4 Å². The quantitative estimate of drug-likeness (QED) is 0.253. The average Bonchev–Trinajstić information content (AvgIpc) is 3.43. The Balaban J connectivity index is 1.50. The third-order valence-electron chi connectivity index (χ3n) is 7.23. The molecule has 5 rings (SSSR count). The van der Waals surface area contributed by atoms with Crippen molar-refractivity contribution in [1.29, 1.82) is 0 Å². The van der Waals surface area contributed by atoms with Gasteiger partial charge in [-0.15, -0.1) is 11.3 Å². The summed E-state index contributed by atoms with van der Waals surface area (Å²) in [6, 6.07) is 27.4. The number of benzene rings is 3. The fraction of sp³-hybridized carbons (Fsp3) is 0.258. The molecule has 1 aliphatic heterocycles. The third kappa shape index (κ3) is 6.56. The molecule has 3 aromatic carbocycles. The molecule has 0 bridgehead atoms. The van der Waals surface area contributed by atoms with Crippen molar-refractivity contribution in [3.05, 3.63) is 106 Å². The minimum atomic E-state index is -0.982. The second-order valence-electron chi connectivity index (χ2n) is 9.81. The molecule has 3 atom stereocenters. The highest BCUT2D eigenvalue weighted by Gasteiger charge is 2.39. The number of aliphatic carboxylic acids is 1. The van der Waals surface area contributed by atoms with Crippen molar-refractivity contribution in [2.75, 3.05) is 11.4 Å². The molecule has 1 fully saturated rings. The van der Waals surface area contributed by atoms with Crippen LogP contribution in [0.3, 0.4) is 0 Å². The molecule has 0 radical (unpaired) electrons. The van der Waals surface area contributed by atoms with Gasteiger partial charge in [-0.1, -0.05) is 90.5 Å². The maximum Gasteiger partial charge on any atom is 0.304 e. The van der Waals surface area contributed by atoms with E-state index < -0.39 is 11.9 Å². The maximum absolute atomic E-state index is 14.2. The van der Waals surface area contributed by atoms with Crippen LogP contribution < -0.4 is 10.2 Å². The molecule has 1 aromatic heterocycles. The van der Waals surface area contributed by atoms with E-state index in [1.165, 1.54) is 11.3 Å². The van der Waals surface area contributed by atoms with Gasteiger partial charge in [0.1, 0.15) is 0 Å². The number of thiazole rings is 1. The summed E-state index contributed by atoms with van der Waals surface area (Å²) in [4.78, 5) is 32.7. The topological polar surface area (TPSA) is 82.5 Å². The van der Waals surface area contributed by atoms with Crippen molar-refractivity contribution in [3.8, 4) is 11.3 Å². The number of nitrogens with one attached hydrogen (secondary N) is 1. The summed E-state index contributed by atoms with van der Waals surface area (Å²) < 4.78 is 0. The second-order valence-corrected chi connectivity index (χ2v) is 11.1. The Morgan fingerprint density at radius 2 is 1.69 bits per heavy atom. The second kappa shape index (κ2) is 12.6. The number of hydrogen-bond donors (Lipinski definition) is 2. The Bertz CT molecular complexity index is 1410. The fourth-order valence-electron chi connectivity index (χ4n) is 5.25. The highest BCUT2D eigenvalue weighted by atomic mass is 35.5. The highest BCUT2D eigenvalue weighted by molar-refractivity contribution is 7.14. The summed E-state index contributed by atoms with van der Waals surface area (Å²) in [5, 5.41) is 16.5. The minimum absolute atomic E-state index is 0.00110. The fourth-order valence-corrected chi connectivity index (χ4v) is 6.32. The Morgan fingerprint density at radius 3 is 2.41 bits per heavy atom. The molecule has 1 aliphatic rings. The Labute approximate surface area is 237 Å². The van der Waals surface area contributed by atoms with Crippen LogP contribution in [0.4, 0.5) is 5.13 Å². The van der Waals surface area contributed by atoms with E-state index in [-0.39, 0.29) is 24.3 Å². The van der Waals surface area contributed by atoms with Crippen molar-refractivity contribution >= 4 is 39.9 Å². The molecule has 0 spiro atoms. The Morgan fingerprint density at radius 1 is 1.00 bits per heavy atom. The summed E-state index contributed by atoms with van der Waals surface area (Å²) in [5.74, 6) is -2.11. The van der Waals surface area contributed by atoms with Crippen LogP contribution in [0, 0.1) is 5.92 Å². The van der Waals surface area contributed by atoms with Crippen molar-refractivity contribution in [1.82, 2.24) is 10.3 Å². The number of carbonyl (C=O) groups excluding carboxylic acids is 1. The van der Waals surface area contributed by atoms with Gasteiger partial charge in [0, 0.05) is 35.1 Å². The normalized spacial score (nSPS) is 19.9. The van der Waals surface area contributed by atoms with Gasteiger partial charge in [0.25, 0.3) is 0 Å². The molecule has 8 heteroatoms. The number of rotatable bonds is 8. The molecule has 0 saturated carbocycles. The number of carbonyl (C=O) groups is 2. The standard InChI is InChI=1S/C31H30ClN3O3S/c32-27-14-8-7-13-25(27)28-20-39-31(34-28)35-19-23(33-18-21-9-3-1-4-10-21)15-16-24(22-11-5-2-6-12-22)26(30(35)38)17-29(36)37/h1-14,20,23-24,26,33H,15-19H2,(H,36,37).